The molecule has 2 heterocycles. The van der Waals surface area contributed by atoms with Gasteiger partial charge in [-0.25, -0.2) is 0 Å². The predicted molar refractivity (Wildman–Crippen MR) is 65.9 cm³/mol. The summed E-state index contributed by atoms with van der Waals surface area (Å²) < 4.78 is 2.02. The van der Waals surface area contributed by atoms with E-state index in [1.54, 1.807) is 0 Å². The van der Waals surface area contributed by atoms with Crippen molar-refractivity contribution in [1.29, 1.82) is 0 Å². The van der Waals surface area contributed by atoms with Gasteiger partial charge in [0.05, 0.1) is 0 Å². The molecular weight excluding hydrogens is 214 g/mol. The van der Waals surface area contributed by atoms with Crippen molar-refractivity contribution < 1.29 is 4.79 Å². The summed E-state index contributed by atoms with van der Waals surface area (Å²) in [7, 11) is 0. The topological polar surface area (TPSA) is 46.1 Å². The van der Waals surface area contributed by atoms with Gasteiger partial charge in [-0.1, -0.05) is 0 Å². The van der Waals surface area contributed by atoms with Gasteiger partial charge in [-0.05, 0) is 37.8 Å². The molecule has 4 heteroatoms. The van der Waals surface area contributed by atoms with Crippen molar-refractivity contribution in [2.75, 3.05) is 13.1 Å². The molecule has 1 saturated heterocycles. The number of hydrogen-bond donors (Lipinski definition) is 2. The molecule has 2 atom stereocenters. The van der Waals surface area contributed by atoms with Crippen LogP contribution in [0.1, 0.15) is 30.4 Å². The Morgan fingerprint density at radius 3 is 2.82 bits per heavy atom. The lowest BCUT2D eigenvalue weighted by Gasteiger charge is -2.13. The third-order valence-corrected chi connectivity index (χ3v) is 3.96. The third-order valence-electron chi connectivity index (χ3n) is 3.96. The minimum absolute atomic E-state index is 0.0723. The van der Waals surface area contributed by atoms with Gasteiger partial charge in [0.1, 0.15) is 5.69 Å². The number of rotatable bonds is 3. The van der Waals surface area contributed by atoms with E-state index < -0.39 is 0 Å². The number of amides is 1. The second-order valence-electron chi connectivity index (χ2n) is 5.38. The Kier molecular flexibility index (Phi) is 2.47. The van der Waals surface area contributed by atoms with Crippen molar-refractivity contribution in [3.8, 4) is 0 Å². The first-order valence-corrected chi connectivity index (χ1v) is 6.37. The first-order valence-electron chi connectivity index (χ1n) is 6.37. The van der Waals surface area contributed by atoms with Crippen LogP contribution in [0.2, 0.25) is 0 Å². The molecule has 17 heavy (non-hydrogen) atoms. The summed E-state index contributed by atoms with van der Waals surface area (Å²) in [5, 5.41) is 6.49. The van der Waals surface area contributed by atoms with Crippen molar-refractivity contribution >= 4 is 5.91 Å². The highest BCUT2D eigenvalue weighted by atomic mass is 16.2. The monoisotopic (exact) mass is 233 g/mol. The van der Waals surface area contributed by atoms with Crippen LogP contribution in [0.4, 0.5) is 0 Å². The summed E-state index contributed by atoms with van der Waals surface area (Å²) in [4.78, 5) is 12.2. The SMILES string of the molecule is CC(C)n1cccc1C(=O)NC1C2CNCC21. The molecule has 1 saturated carbocycles. The van der Waals surface area contributed by atoms with Gasteiger partial charge < -0.3 is 15.2 Å². The summed E-state index contributed by atoms with van der Waals surface area (Å²) in [6, 6.07) is 4.56. The van der Waals surface area contributed by atoms with Gasteiger partial charge in [0.2, 0.25) is 0 Å². The van der Waals surface area contributed by atoms with Crippen molar-refractivity contribution in [1.82, 2.24) is 15.2 Å². The van der Waals surface area contributed by atoms with Gasteiger partial charge in [0.15, 0.2) is 0 Å². The van der Waals surface area contributed by atoms with E-state index in [1.165, 1.54) is 0 Å². The molecule has 1 amide bonds. The molecule has 92 valence electrons. The van der Waals surface area contributed by atoms with Crippen molar-refractivity contribution in [3.05, 3.63) is 24.0 Å². The second-order valence-corrected chi connectivity index (χ2v) is 5.38. The van der Waals surface area contributed by atoms with Crippen LogP contribution in [0.3, 0.4) is 0 Å². The Hall–Kier alpha value is -1.29. The highest BCUT2D eigenvalue weighted by Gasteiger charge is 2.53. The zero-order valence-corrected chi connectivity index (χ0v) is 10.3. The summed E-state index contributed by atoms with van der Waals surface area (Å²) in [5.74, 6) is 1.41. The molecule has 4 nitrogen and oxygen atoms in total. The molecule has 1 aromatic rings. The minimum Gasteiger partial charge on any atom is -0.347 e. The van der Waals surface area contributed by atoms with Crippen LogP contribution >= 0.6 is 0 Å². The molecule has 2 N–H and O–H groups in total. The number of nitrogens with zero attached hydrogens (tertiary/aromatic N) is 1. The number of hydrogen-bond acceptors (Lipinski definition) is 2. The maximum absolute atomic E-state index is 12.2. The van der Waals surface area contributed by atoms with Gasteiger partial charge >= 0.3 is 0 Å². The Bertz CT molecular complexity index is 428. The number of nitrogens with one attached hydrogen (secondary N) is 2. The number of fused-ring (bicyclic) bond motifs is 1. The van der Waals surface area contributed by atoms with Crippen LogP contribution in [0.15, 0.2) is 18.3 Å². The van der Waals surface area contributed by atoms with Crippen LogP contribution in [-0.4, -0.2) is 29.6 Å². The molecule has 0 spiro atoms. The lowest BCUT2D eigenvalue weighted by atomic mass is 10.3. The van der Waals surface area contributed by atoms with Gasteiger partial charge in [-0.3, -0.25) is 4.79 Å². The molecule has 1 aliphatic heterocycles. The standard InChI is InChI=1S/C13H19N3O/c1-8(2)16-5-3-4-11(16)13(17)15-12-9-6-14-7-10(9)12/h3-5,8-10,12,14H,6-7H2,1-2H3,(H,15,17). The minimum atomic E-state index is 0.0723. The van der Waals surface area contributed by atoms with Crippen LogP contribution in [0, 0.1) is 11.8 Å². The van der Waals surface area contributed by atoms with E-state index in [-0.39, 0.29) is 5.91 Å². The molecule has 2 unspecified atom stereocenters. The van der Waals surface area contributed by atoms with E-state index >= 15 is 0 Å². The van der Waals surface area contributed by atoms with Crippen LogP contribution < -0.4 is 10.6 Å². The van der Waals surface area contributed by atoms with Crippen LogP contribution in [0.25, 0.3) is 0 Å². The Morgan fingerprint density at radius 1 is 1.47 bits per heavy atom. The molecule has 1 aromatic heterocycles. The van der Waals surface area contributed by atoms with E-state index in [1.807, 2.05) is 22.9 Å². The molecular formula is C13H19N3O. The van der Waals surface area contributed by atoms with Gasteiger partial charge in [-0.2, -0.15) is 0 Å². The highest BCUT2D eigenvalue weighted by molar-refractivity contribution is 5.93. The first-order chi connectivity index (χ1) is 8.18. The lowest BCUT2D eigenvalue weighted by Crippen LogP contribution is -2.33. The number of carbonyl (C=O) groups excluding carboxylic acids is 1. The molecule has 2 fully saturated rings. The van der Waals surface area contributed by atoms with E-state index in [0.29, 0.717) is 23.9 Å². The Morgan fingerprint density at radius 2 is 2.18 bits per heavy atom. The molecule has 3 rings (SSSR count). The molecule has 2 aliphatic rings. The van der Waals surface area contributed by atoms with E-state index in [4.69, 9.17) is 0 Å². The fraction of sp³-hybridized carbons (Fsp3) is 0.615. The molecule has 0 aromatic carbocycles. The van der Waals surface area contributed by atoms with E-state index in [2.05, 4.69) is 24.5 Å². The van der Waals surface area contributed by atoms with Crippen molar-refractivity contribution in [3.63, 3.8) is 0 Å². The van der Waals surface area contributed by atoms with Crippen LogP contribution in [0.5, 0.6) is 0 Å². The summed E-state index contributed by atoms with van der Waals surface area (Å²) >= 11 is 0. The smallest absolute Gasteiger partial charge is 0.268 e. The summed E-state index contributed by atoms with van der Waals surface area (Å²) in [5.41, 5.74) is 0.776. The fourth-order valence-corrected chi connectivity index (χ4v) is 2.89. The summed E-state index contributed by atoms with van der Waals surface area (Å²) in [6.45, 7) is 6.29. The largest absolute Gasteiger partial charge is 0.347 e. The highest BCUT2D eigenvalue weighted by Crippen LogP contribution is 2.41. The van der Waals surface area contributed by atoms with Gasteiger partial charge in [0.25, 0.3) is 5.91 Å². The van der Waals surface area contributed by atoms with Crippen molar-refractivity contribution in [2.45, 2.75) is 25.9 Å². The first kappa shape index (κ1) is 10.8. The second kappa shape index (κ2) is 3.88. The maximum Gasteiger partial charge on any atom is 0.268 e. The maximum atomic E-state index is 12.2. The number of aromatic nitrogens is 1. The average Bonchev–Trinajstić information content (AvgIpc) is 2.82. The van der Waals surface area contributed by atoms with Gasteiger partial charge in [-0.15, -0.1) is 0 Å². The summed E-state index contributed by atoms with van der Waals surface area (Å²) in [6.07, 6.45) is 1.97. The lowest BCUT2D eigenvalue weighted by molar-refractivity contribution is 0.0936. The zero-order chi connectivity index (χ0) is 12.0. The quantitative estimate of drug-likeness (QED) is 0.818. The fourth-order valence-electron chi connectivity index (χ4n) is 2.89. The Labute approximate surface area is 101 Å². The van der Waals surface area contributed by atoms with Gasteiger partial charge in [0, 0.05) is 31.4 Å². The van der Waals surface area contributed by atoms with E-state index in [0.717, 1.165) is 18.8 Å². The molecule has 0 bridgehead atoms. The number of piperidine rings is 1. The molecule has 0 radical (unpaired) electrons. The number of carbonyl (C=O) groups is 1. The Balaban J connectivity index is 1.68. The normalized spacial score (nSPS) is 30.4. The van der Waals surface area contributed by atoms with E-state index in [9.17, 15) is 4.79 Å². The third kappa shape index (κ3) is 1.76. The zero-order valence-electron chi connectivity index (χ0n) is 10.3. The van der Waals surface area contributed by atoms with Crippen molar-refractivity contribution in [2.24, 2.45) is 11.8 Å². The molecule has 1 aliphatic carbocycles. The average molecular weight is 233 g/mol. The van der Waals surface area contributed by atoms with Crippen LogP contribution in [-0.2, 0) is 0 Å². The predicted octanol–water partition coefficient (Wildman–Crippen LogP) is 1.02.